The lowest BCUT2D eigenvalue weighted by atomic mass is 9.70. The highest BCUT2D eigenvalue weighted by atomic mass is 79.9. The summed E-state index contributed by atoms with van der Waals surface area (Å²) < 4.78 is 1.13. The molecule has 0 amide bonds. The molecule has 34 heavy (non-hydrogen) atoms. The molecule has 5 aromatic carbocycles. The second-order valence-corrected chi connectivity index (χ2v) is 12.0. The standard InChI is InChI=1S/C31H17BrS2/c32-18-13-14-20-19-7-1-3-9-22(19)31(25(20)17-18)23-10-4-2-8-21(23)29-24(31)15-16-28-30(29)34-27-12-6-5-11-26(27)33-28/h1-17H. The van der Waals surface area contributed by atoms with Crippen molar-refractivity contribution in [3.8, 4) is 22.3 Å². The van der Waals surface area contributed by atoms with E-state index in [0.29, 0.717) is 0 Å². The van der Waals surface area contributed by atoms with Crippen molar-refractivity contribution < 1.29 is 0 Å². The second-order valence-electron chi connectivity index (χ2n) is 9.00. The highest BCUT2D eigenvalue weighted by Crippen LogP contribution is 2.66. The molecule has 0 saturated heterocycles. The van der Waals surface area contributed by atoms with Crippen molar-refractivity contribution in [1.82, 2.24) is 0 Å². The Balaban J connectivity index is 1.52. The molecular formula is C31H17BrS2. The zero-order valence-electron chi connectivity index (χ0n) is 18.0. The molecule has 0 aromatic heterocycles. The van der Waals surface area contributed by atoms with Gasteiger partial charge in [-0.25, -0.2) is 0 Å². The van der Waals surface area contributed by atoms with Gasteiger partial charge in [-0.2, -0.15) is 0 Å². The van der Waals surface area contributed by atoms with Crippen LogP contribution in [0, 0.1) is 0 Å². The third kappa shape index (κ3) is 2.33. The maximum absolute atomic E-state index is 3.79. The first-order valence-electron chi connectivity index (χ1n) is 11.4. The molecule has 1 atom stereocenters. The van der Waals surface area contributed by atoms with E-state index in [0.717, 1.165) is 4.47 Å². The first-order valence-corrected chi connectivity index (χ1v) is 13.8. The van der Waals surface area contributed by atoms with E-state index < -0.39 is 0 Å². The van der Waals surface area contributed by atoms with Crippen molar-refractivity contribution in [2.24, 2.45) is 0 Å². The number of rotatable bonds is 0. The topological polar surface area (TPSA) is 0 Å². The van der Waals surface area contributed by atoms with Crippen LogP contribution in [0.3, 0.4) is 0 Å². The Labute approximate surface area is 215 Å². The summed E-state index contributed by atoms with van der Waals surface area (Å²) in [4.78, 5) is 5.45. The van der Waals surface area contributed by atoms with Gasteiger partial charge < -0.3 is 0 Å². The van der Waals surface area contributed by atoms with Crippen molar-refractivity contribution in [2.75, 3.05) is 0 Å². The number of hydrogen-bond donors (Lipinski definition) is 0. The Hall–Kier alpha value is -2.72. The van der Waals surface area contributed by atoms with Gasteiger partial charge in [-0.15, -0.1) is 0 Å². The van der Waals surface area contributed by atoms with Crippen LogP contribution in [0.1, 0.15) is 22.3 Å². The van der Waals surface area contributed by atoms with Gasteiger partial charge in [0.1, 0.15) is 0 Å². The largest absolute Gasteiger partial charge is 0.0877 e. The lowest BCUT2D eigenvalue weighted by molar-refractivity contribution is 0.790. The summed E-state index contributed by atoms with van der Waals surface area (Å²) in [5.74, 6) is 0. The lowest BCUT2D eigenvalue weighted by Gasteiger charge is -2.31. The monoisotopic (exact) mass is 532 g/mol. The molecule has 1 spiro atoms. The minimum atomic E-state index is -0.293. The number of hydrogen-bond acceptors (Lipinski definition) is 2. The molecule has 0 saturated carbocycles. The third-order valence-electron chi connectivity index (χ3n) is 7.41. The zero-order chi connectivity index (χ0) is 22.4. The molecule has 1 unspecified atom stereocenters. The maximum atomic E-state index is 3.79. The fraction of sp³-hybridized carbons (Fsp3) is 0.0323. The number of fused-ring (bicyclic) bond motifs is 13. The minimum Gasteiger partial charge on any atom is -0.0877 e. The predicted octanol–water partition coefficient (Wildman–Crippen LogP) is 9.41. The molecule has 0 bridgehead atoms. The van der Waals surface area contributed by atoms with E-state index in [1.165, 1.54) is 64.1 Å². The summed E-state index contributed by atoms with van der Waals surface area (Å²) in [6, 6.07) is 38.4. The van der Waals surface area contributed by atoms with Crippen LogP contribution < -0.4 is 0 Å². The summed E-state index contributed by atoms with van der Waals surface area (Å²) in [6.07, 6.45) is 0. The van der Waals surface area contributed by atoms with E-state index in [-0.39, 0.29) is 5.41 Å². The zero-order valence-corrected chi connectivity index (χ0v) is 21.2. The smallest absolute Gasteiger partial charge is 0.0726 e. The first-order chi connectivity index (χ1) is 16.8. The van der Waals surface area contributed by atoms with Gasteiger partial charge in [-0.05, 0) is 69.3 Å². The van der Waals surface area contributed by atoms with Crippen LogP contribution in [0.25, 0.3) is 22.3 Å². The van der Waals surface area contributed by atoms with Crippen LogP contribution in [0.15, 0.2) is 127 Å². The molecule has 3 heteroatoms. The Morgan fingerprint density at radius 1 is 0.500 bits per heavy atom. The normalized spacial score (nSPS) is 18.0. The van der Waals surface area contributed by atoms with Gasteiger partial charge in [-0.3, -0.25) is 0 Å². The molecule has 1 heterocycles. The maximum Gasteiger partial charge on any atom is 0.0726 e. The molecule has 0 nitrogen and oxygen atoms in total. The fourth-order valence-electron chi connectivity index (χ4n) is 6.18. The van der Waals surface area contributed by atoms with Crippen LogP contribution in [-0.2, 0) is 5.41 Å². The van der Waals surface area contributed by atoms with E-state index in [4.69, 9.17) is 0 Å². The predicted molar refractivity (Wildman–Crippen MR) is 145 cm³/mol. The molecule has 160 valence electrons. The SMILES string of the molecule is Brc1ccc2c(c1)C1(c3ccccc3-2)c2ccccc2-c2c1ccc1c2Sc2ccccc2S1. The van der Waals surface area contributed by atoms with Crippen LogP contribution in [-0.4, -0.2) is 0 Å². The van der Waals surface area contributed by atoms with Crippen molar-refractivity contribution in [1.29, 1.82) is 0 Å². The Kier molecular flexibility index (Phi) is 3.98. The van der Waals surface area contributed by atoms with Crippen molar-refractivity contribution in [3.63, 3.8) is 0 Å². The average Bonchev–Trinajstić information content (AvgIpc) is 3.34. The average molecular weight is 534 g/mol. The van der Waals surface area contributed by atoms with Gasteiger partial charge in [0.15, 0.2) is 0 Å². The third-order valence-corrected chi connectivity index (χ3v) is 10.5. The molecule has 3 aliphatic rings. The molecule has 0 N–H and O–H groups in total. The molecule has 0 fully saturated rings. The van der Waals surface area contributed by atoms with Crippen LogP contribution >= 0.6 is 39.5 Å². The summed E-state index contributed by atoms with van der Waals surface area (Å²) in [5.41, 5.74) is 10.7. The molecular weight excluding hydrogens is 516 g/mol. The summed E-state index contributed by atoms with van der Waals surface area (Å²) >= 11 is 7.62. The molecule has 1 aliphatic heterocycles. The number of halogens is 1. The summed E-state index contributed by atoms with van der Waals surface area (Å²) in [5, 5.41) is 0. The van der Waals surface area contributed by atoms with E-state index in [1.807, 2.05) is 23.5 Å². The number of benzene rings is 5. The van der Waals surface area contributed by atoms with E-state index in [2.05, 4.69) is 119 Å². The molecule has 8 rings (SSSR count). The van der Waals surface area contributed by atoms with Gasteiger partial charge in [0.2, 0.25) is 0 Å². The van der Waals surface area contributed by atoms with E-state index in [9.17, 15) is 0 Å². The molecule has 0 radical (unpaired) electrons. The Bertz CT molecular complexity index is 1690. The van der Waals surface area contributed by atoms with E-state index >= 15 is 0 Å². The minimum absolute atomic E-state index is 0.293. The Morgan fingerprint density at radius 2 is 1.15 bits per heavy atom. The molecule has 5 aromatic rings. The highest BCUT2D eigenvalue weighted by Gasteiger charge is 2.52. The van der Waals surface area contributed by atoms with Crippen LogP contribution in [0.5, 0.6) is 0 Å². The first kappa shape index (κ1) is 19.6. The highest BCUT2D eigenvalue weighted by molar-refractivity contribution is 9.10. The van der Waals surface area contributed by atoms with Crippen molar-refractivity contribution in [3.05, 3.63) is 130 Å². The lowest BCUT2D eigenvalue weighted by Crippen LogP contribution is -2.25. The second kappa shape index (κ2) is 6.91. The molecule has 2 aliphatic carbocycles. The van der Waals surface area contributed by atoms with Gasteiger partial charge in [0.05, 0.1) is 5.41 Å². The van der Waals surface area contributed by atoms with Crippen molar-refractivity contribution in [2.45, 2.75) is 25.0 Å². The van der Waals surface area contributed by atoms with Crippen LogP contribution in [0.4, 0.5) is 0 Å². The summed E-state index contributed by atoms with van der Waals surface area (Å²) in [6.45, 7) is 0. The summed E-state index contributed by atoms with van der Waals surface area (Å²) in [7, 11) is 0. The van der Waals surface area contributed by atoms with Crippen molar-refractivity contribution >= 4 is 39.5 Å². The Morgan fingerprint density at radius 3 is 1.97 bits per heavy atom. The van der Waals surface area contributed by atoms with E-state index in [1.54, 1.807) is 0 Å². The quantitative estimate of drug-likeness (QED) is 0.190. The van der Waals surface area contributed by atoms with Gasteiger partial charge in [0.25, 0.3) is 0 Å². The van der Waals surface area contributed by atoms with Gasteiger partial charge in [0, 0.05) is 29.6 Å². The fourth-order valence-corrected chi connectivity index (χ4v) is 8.95. The van der Waals surface area contributed by atoms with Crippen LogP contribution in [0.2, 0.25) is 0 Å². The van der Waals surface area contributed by atoms with Gasteiger partial charge in [-0.1, -0.05) is 112 Å². The van der Waals surface area contributed by atoms with Gasteiger partial charge >= 0.3 is 0 Å².